The first-order valence-corrected chi connectivity index (χ1v) is 13.0. The Morgan fingerprint density at radius 1 is 1.22 bits per heavy atom. The molecule has 2 fully saturated rings. The molecule has 0 saturated carbocycles. The van der Waals surface area contributed by atoms with Crippen LogP contribution in [0.2, 0.25) is 0 Å². The molecule has 7 nitrogen and oxygen atoms in total. The van der Waals surface area contributed by atoms with E-state index in [1.54, 1.807) is 12.4 Å². The highest BCUT2D eigenvalue weighted by Crippen LogP contribution is 2.36. The number of nitrogens with one attached hydrogen (secondary N) is 1. The summed E-state index contributed by atoms with van der Waals surface area (Å²) < 4.78 is 35.7. The Morgan fingerprint density at radius 2 is 1.95 bits per heavy atom. The zero-order chi connectivity index (χ0) is 25.8. The number of nitrogens with zero attached hydrogens (tertiary/aromatic N) is 4. The van der Waals surface area contributed by atoms with Gasteiger partial charge in [0.2, 0.25) is 0 Å². The van der Waals surface area contributed by atoms with Crippen LogP contribution in [0.1, 0.15) is 30.9 Å². The minimum atomic E-state index is -0.557. The maximum absolute atomic E-state index is 15.2. The number of morpholine rings is 1. The van der Waals surface area contributed by atoms with E-state index in [-0.39, 0.29) is 30.1 Å². The largest absolute Gasteiger partial charge is 0.404 e. The van der Waals surface area contributed by atoms with E-state index in [1.165, 1.54) is 18.3 Å². The number of hydrogen-bond acceptors (Lipinski definition) is 7. The van der Waals surface area contributed by atoms with Crippen LogP contribution < -0.4 is 11.1 Å². The topological polar surface area (TPSA) is 87.6 Å². The molecular weight excluding hydrogens is 474 g/mol. The van der Waals surface area contributed by atoms with E-state index >= 15 is 8.78 Å². The molecule has 2 atom stereocenters. The van der Waals surface area contributed by atoms with Crippen LogP contribution in [0.5, 0.6) is 0 Å². The van der Waals surface area contributed by atoms with E-state index in [2.05, 4.69) is 12.2 Å². The lowest BCUT2D eigenvalue weighted by Crippen LogP contribution is -2.36. The Kier molecular flexibility index (Phi) is 8.02. The fraction of sp³-hybridized carbons (Fsp3) is 0.464. The van der Waals surface area contributed by atoms with Crippen molar-refractivity contribution in [2.75, 3.05) is 39.4 Å². The minimum absolute atomic E-state index is 0.0780. The van der Waals surface area contributed by atoms with Gasteiger partial charge in [0.15, 0.2) is 0 Å². The SMILES string of the molecule is CC1C=CC(c2cc(F)c(CN3CCOCC3)c(F)c2)=C2N=C(C(C=NC3CCNCC3)=CN)C=NC21. The van der Waals surface area contributed by atoms with Crippen molar-refractivity contribution in [1.82, 2.24) is 10.2 Å². The molecule has 1 aromatic carbocycles. The first kappa shape index (κ1) is 25.6. The van der Waals surface area contributed by atoms with Gasteiger partial charge in [0, 0.05) is 60.9 Å². The maximum atomic E-state index is 15.2. The number of halogens is 2. The highest BCUT2D eigenvalue weighted by Gasteiger charge is 2.29. The second kappa shape index (κ2) is 11.6. The predicted molar refractivity (Wildman–Crippen MR) is 144 cm³/mol. The summed E-state index contributed by atoms with van der Waals surface area (Å²) in [7, 11) is 0. The zero-order valence-electron chi connectivity index (χ0n) is 21.2. The summed E-state index contributed by atoms with van der Waals surface area (Å²) in [4.78, 5) is 16.4. The fourth-order valence-corrected chi connectivity index (χ4v) is 5.10. The quantitative estimate of drug-likeness (QED) is 0.578. The van der Waals surface area contributed by atoms with Gasteiger partial charge in [0.05, 0.1) is 36.7 Å². The summed E-state index contributed by atoms with van der Waals surface area (Å²) in [6, 6.07) is 2.83. The molecule has 3 N–H and O–H groups in total. The molecule has 2 saturated heterocycles. The van der Waals surface area contributed by atoms with E-state index in [4.69, 9.17) is 25.4 Å². The van der Waals surface area contributed by atoms with E-state index in [1.807, 2.05) is 17.1 Å². The molecule has 0 amide bonds. The standard InChI is InChI=1S/C28H34F2N6O/c1-18-2-3-22(19-12-24(29)23(25(30)13-19)17-36-8-10-37-11-9-36)28-27(18)34-16-26(35-28)20(14-31)15-33-21-4-6-32-7-5-21/h2-3,12-16,18,21,27,32H,4-11,17,31H2,1H3. The number of nitrogens with two attached hydrogens (primary N) is 1. The molecule has 0 spiro atoms. The Morgan fingerprint density at radius 3 is 2.65 bits per heavy atom. The van der Waals surface area contributed by atoms with Crippen molar-refractivity contribution >= 4 is 23.7 Å². The van der Waals surface area contributed by atoms with Gasteiger partial charge in [-0.05, 0) is 43.6 Å². The van der Waals surface area contributed by atoms with Crippen molar-refractivity contribution in [2.45, 2.75) is 38.4 Å². The number of aliphatic imine (C=N–C) groups is 3. The highest BCUT2D eigenvalue weighted by atomic mass is 19.1. The number of hydrogen-bond donors (Lipinski definition) is 2. The summed E-state index contributed by atoms with van der Waals surface area (Å²) in [6.45, 7) is 6.64. The summed E-state index contributed by atoms with van der Waals surface area (Å²) in [5, 5.41) is 3.34. The molecule has 196 valence electrons. The Hall–Kier alpha value is -3.01. The maximum Gasteiger partial charge on any atom is 0.131 e. The Bertz CT molecular complexity index is 1170. The molecule has 0 radical (unpaired) electrons. The molecule has 1 aromatic rings. The molecule has 5 rings (SSSR count). The third kappa shape index (κ3) is 5.79. The summed E-state index contributed by atoms with van der Waals surface area (Å²) in [6.07, 6.45) is 10.8. The Balaban J connectivity index is 1.45. The van der Waals surface area contributed by atoms with Gasteiger partial charge in [0.25, 0.3) is 0 Å². The second-order valence-corrected chi connectivity index (χ2v) is 9.93. The van der Waals surface area contributed by atoms with Crippen LogP contribution in [0.25, 0.3) is 5.57 Å². The number of fused-ring (bicyclic) bond motifs is 1. The average Bonchev–Trinajstić information content (AvgIpc) is 2.92. The Labute approximate surface area is 216 Å². The molecule has 0 bridgehead atoms. The highest BCUT2D eigenvalue weighted by molar-refractivity contribution is 6.44. The van der Waals surface area contributed by atoms with Gasteiger partial charge in [0.1, 0.15) is 11.6 Å². The zero-order valence-corrected chi connectivity index (χ0v) is 21.2. The molecule has 3 heterocycles. The van der Waals surface area contributed by atoms with Gasteiger partial charge in [-0.1, -0.05) is 19.1 Å². The van der Waals surface area contributed by atoms with Crippen LogP contribution in [-0.2, 0) is 11.3 Å². The normalized spacial score (nSPS) is 25.6. The number of allylic oxidation sites excluding steroid dienone is 3. The first-order chi connectivity index (χ1) is 18.0. The van der Waals surface area contributed by atoms with Crippen LogP contribution in [0, 0.1) is 17.6 Å². The number of benzene rings is 1. The molecule has 4 aliphatic rings. The summed E-state index contributed by atoms with van der Waals surface area (Å²) in [5.74, 6) is -1.01. The molecule has 1 aliphatic carbocycles. The number of rotatable bonds is 6. The summed E-state index contributed by atoms with van der Waals surface area (Å²) >= 11 is 0. The van der Waals surface area contributed by atoms with Crippen LogP contribution >= 0.6 is 0 Å². The van der Waals surface area contributed by atoms with Crippen LogP contribution in [0.15, 0.2) is 56.7 Å². The van der Waals surface area contributed by atoms with E-state index in [0.717, 1.165) is 25.9 Å². The fourth-order valence-electron chi connectivity index (χ4n) is 5.10. The predicted octanol–water partition coefficient (Wildman–Crippen LogP) is 3.27. The van der Waals surface area contributed by atoms with Crippen molar-refractivity contribution in [1.29, 1.82) is 0 Å². The smallest absolute Gasteiger partial charge is 0.131 e. The van der Waals surface area contributed by atoms with Gasteiger partial charge in [-0.15, -0.1) is 0 Å². The average molecular weight is 509 g/mol. The van der Waals surface area contributed by atoms with Crippen LogP contribution in [-0.4, -0.2) is 74.5 Å². The third-order valence-corrected chi connectivity index (χ3v) is 7.36. The molecule has 3 aliphatic heterocycles. The van der Waals surface area contributed by atoms with Gasteiger partial charge in [-0.2, -0.15) is 0 Å². The van der Waals surface area contributed by atoms with Gasteiger partial charge in [-0.3, -0.25) is 14.9 Å². The molecule has 9 heteroatoms. The van der Waals surface area contributed by atoms with Crippen molar-refractivity contribution in [3.8, 4) is 0 Å². The monoisotopic (exact) mass is 508 g/mol. The first-order valence-electron chi connectivity index (χ1n) is 13.0. The van der Waals surface area contributed by atoms with Crippen LogP contribution in [0.4, 0.5) is 8.78 Å². The number of piperidine rings is 1. The van der Waals surface area contributed by atoms with E-state index in [0.29, 0.717) is 54.4 Å². The lowest BCUT2D eigenvalue weighted by atomic mass is 9.86. The summed E-state index contributed by atoms with van der Waals surface area (Å²) in [5.41, 5.74) is 9.09. The minimum Gasteiger partial charge on any atom is -0.404 e. The third-order valence-electron chi connectivity index (χ3n) is 7.36. The molecule has 37 heavy (non-hydrogen) atoms. The molecular formula is C28H34F2N6O. The van der Waals surface area contributed by atoms with Crippen molar-refractivity contribution in [2.24, 2.45) is 26.6 Å². The molecule has 0 aromatic heterocycles. The second-order valence-electron chi connectivity index (χ2n) is 9.93. The lowest BCUT2D eigenvalue weighted by Gasteiger charge is -2.28. The lowest BCUT2D eigenvalue weighted by molar-refractivity contribution is 0.0332. The van der Waals surface area contributed by atoms with Gasteiger partial charge in [-0.25, -0.2) is 13.8 Å². The number of ether oxygens (including phenoxy) is 1. The van der Waals surface area contributed by atoms with E-state index in [9.17, 15) is 0 Å². The van der Waals surface area contributed by atoms with Gasteiger partial charge < -0.3 is 15.8 Å². The van der Waals surface area contributed by atoms with E-state index < -0.39 is 11.6 Å². The van der Waals surface area contributed by atoms with Crippen molar-refractivity contribution < 1.29 is 13.5 Å². The van der Waals surface area contributed by atoms with Gasteiger partial charge >= 0.3 is 0 Å². The van der Waals surface area contributed by atoms with Crippen molar-refractivity contribution in [3.63, 3.8) is 0 Å². The van der Waals surface area contributed by atoms with Crippen LogP contribution in [0.3, 0.4) is 0 Å². The van der Waals surface area contributed by atoms with Crippen molar-refractivity contribution in [3.05, 3.63) is 64.5 Å². The molecule has 2 unspecified atom stereocenters.